The SMILES string of the molecule is COc1ccc(-c2cn3ncncc3n2)c(OC)c1. The summed E-state index contributed by atoms with van der Waals surface area (Å²) in [7, 11) is 3.24. The van der Waals surface area contributed by atoms with Crippen molar-refractivity contribution >= 4 is 5.65 Å². The highest BCUT2D eigenvalue weighted by molar-refractivity contribution is 5.70. The van der Waals surface area contributed by atoms with E-state index in [1.54, 1.807) is 24.9 Å². The number of hydrogen-bond donors (Lipinski definition) is 0. The van der Waals surface area contributed by atoms with Gasteiger partial charge >= 0.3 is 0 Å². The molecule has 2 aromatic heterocycles. The van der Waals surface area contributed by atoms with Gasteiger partial charge < -0.3 is 9.47 Å². The predicted octanol–water partition coefficient (Wildman–Crippen LogP) is 1.81. The molecule has 0 fully saturated rings. The van der Waals surface area contributed by atoms with Crippen LogP contribution in [0.4, 0.5) is 0 Å². The number of hydrogen-bond acceptors (Lipinski definition) is 5. The fraction of sp³-hybridized carbons (Fsp3) is 0.154. The maximum Gasteiger partial charge on any atom is 0.172 e. The number of rotatable bonds is 3. The zero-order valence-corrected chi connectivity index (χ0v) is 10.6. The molecular weight excluding hydrogens is 244 g/mol. The molecule has 0 unspecified atom stereocenters. The highest BCUT2D eigenvalue weighted by atomic mass is 16.5. The quantitative estimate of drug-likeness (QED) is 0.715. The zero-order valence-electron chi connectivity index (χ0n) is 10.6. The Bertz CT molecular complexity index is 690. The third kappa shape index (κ3) is 1.97. The molecule has 0 saturated carbocycles. The summed E-state index contributed by atoms with van der Waals surface area (Å²) in [5.74, 6) is 1.44. The summed E-state index contributed by atoms with van der Waals surface area (Å²) >= 11 is 0. The van der Waals surface area contributed by atoms with E-state index in [4.69, 9.17) is 9.47 Å². The van der Waals surface area contributed by atoms with Crippen LogP contribution < -0.4 is 9.47 Å². The van der Waals surface area contributed by atoms with Gasteiger partial charge in [0.2, 0.25) is 0 Å². The molecule has 0 aliphatic carbocycles. The summed E-state index contributed by atoms with van der Waals surface area (Å²) in [4.78, 5) is 8.41. The van der Waals surface area contributed by atoms with Crippen LogP contribution in [0.2, 0.25) is 0 Å². The minimum atomic E-state index is 0.690. The maximum absolute atomic E-state index is 5.37. The first-order valence-corrected chi connectivity index (χ1v) is 5.69. The lowest BCUT2D eigenvalue weighted by molar-refractivity contribution is 0.395. The van der Waals surface area contributed by atoms with Crippen LogP contribution in [0.15, 0.2) is 36.9 Å². The molecule has 1 aromatic carbocycles. The van der Waals surface area contributed by atoms with E-state index in [0.717, 1.165) is 17.0 Å². The van der Waals surface area contributed by atoms with Crippen molar-refractivity contribution in [1.82, 2.24) is 19.6 Å². The van der Waals surface area contributed by atoms with Gasteiger partial charge in [0, 0.05) is 11.6 Å². The average molecular weight is 256 g/mol. The monoisotopic (exact) mass is 256 g/mol. The van der Waals surface area contributed by atoms with Gasteiger partial charge in [-0.25, -0.2) is 14.5 Å². The smallest absolute Gasteiger partial charge is 0.172 e. The maximum atomic E-state index is 5.37. The summed E-state index contributed by atoms with van der Waals surface area (Å²) in [5, 5.41) is 4.09. The molecule has 0 radical (unpaired) electrons. The number of fused-ring (bicyclic) bond motifs is 1. The van der Waals surface area contributed by atoms with Crippen molar-refractivity contribution in [1.29, 1.82) is 0 Å². The van der Waals surface area contributed by atoms with Crippen molar-refractivity contribution in [2.75, 3.05) is 14.2 Å². The van der Waals surface area contributed by atoms with Crippen molar-refractivity contribution in [3.63, 3.8) is 0 Å². The minimum Gasteiger partial charge on any atom is -0.497 e. The molecule has 0 atom stereocenters. The third-order valence-electron chi connectivity index (χ3n) is 2.83. The van der Waals surface area contributed by atoms with Crippen LogP contribution >= 0.6 is 0 Å². The van der Waals surface area contributed by atoms with E-state index in [0.29, 0.717) is 11.4 Å². The molecular formula is C13H12N4O2. The fourth-order valence-electron chi connectivity index (χ4n) is 1.89. The van der Waals surface area contributed by atoms with Crippen LogP contribution in [-0.2, 0) is 0 Å². The molecule has 0 saturated heterocycles. The van der Waals surface area contributed by atoms with Crippen molar-refractivity contribution in [3.05, 3.63) is 36.9 Å². The van der Waals surface area contributed by atoms with E-state index < -0.39 is 0 Å². The number of nitrogens with zero attached hydrogens (tertiary/aromatic N) is 4. The standard InChI is InChI=1S/C13H12N4O2/c1-18-9-3-4-10(12(5-9)19-2)11-7-17-13(16-11)6-14-8-15-17/h3-8H,1-2H3. The number of aromatic nitrogens is 4. The Morgan fingerprint density at radius 1 is 1.16 bits per heavy atom. The van der Waals surface area contributed by atoms with Gasteiger partial charge in [-0.15, -0.1) is 0 Å². The van der Waals surface area contributed by atoms with Crippen LogP contribution in [0.25, 0.3) is 16.9 Å². The average Bonchev–Trinajstić information content (AvgIpc) is 2.90. The Labute approximate surface area is 109 Å². The first kappa shape index (κ1) is 11.5. The van der Waals surface area contributed by atoms with Gasteiger partial charge in [0.1, 0.15) is 17.8 Å². The van der Waals surface area contributed by atoms with Gasteiger partial charge in [0.15, 0.2) is 5.65 Å². The van der Waals surface area contributed by atoms with Gasteiger partial charge in [0.25, 0.3) is 0 Å². The molecule has 6 heteroatoms. The van der Waals surface area contributed by atoms with Crippen LogP contribution in [-0.4, -0.2) is 33.8 Å². The molecule has 3 aromatic rings. The van der Waals surface area contributed by atoms with Crippen molar-refractivity contribution in [2.45, 2.75) is 0 Å². The van der Waals surface area contributed by atoms with Gasteiger partial charge in [-0.2, -0.15) is 5.10 Å². The van der Waals surface area contributed by atoms with Crippen LogP contribution in [0, 0.1) is 0 Å². The summed E-state index contributed by atoms with van der Waals surface area (Å²) in [6, 6.07) is 5.60. The van der Waals surface area contributed by atoms with E-state index in [-0.39, 0.29) is 0 Å². The molecule has 3 rings (SSSR count). The Morgan fingerprint density at radius 2 is 2.05 bits per heavy atom. The third-order valence-corrected chi connectivity index (χ3v) is 2.83. The molecule has 0 amide bonds. The molecule has 19 heavy (non-hydrogen) atoms. The van der Waals surface area contributed by atoms with Gasteiger partial charge in [0.05, 0.1) is 32.3 Å². The first-order chi connectivity index (χ1) is 9.31. The predicted molar refractivity (Wildman–Crippen MR) is 69.3 cm³/mol. The summed E-state index contributed by atoms with van der Waals surface area (Å²) in [6.45, 7) is 0. The van der Waals surface area contributed by atoms with Crippen LogP contribution in [0.1, 0.15) is 0 Å². The molecule has 2 heterocycles. The summed E-state index contributed by atoms with van der Waals surface area (Å²) in [6.07, 6.45) is 4.97. The second-order valence-corrected chi connectivity index (χ2v) is 3.90. The Morgan fingerprint density at radius 3 is 2.79 bits per heavy atom. The normalized spacial score (nSPS) is 10.6. The first-order valence-electron chi connectivity index (χ1n) is 5.69. The highest BCUT2D eigenvalue weighted by Gasteiger charge is 2.11. The lowest BCUT2D eigenvalue weighted by atomic mass is 10.1. The Hall–Kier alpha value is -2.63. The van der Waals surface area contributed by atoms with E-state index in [9.17, 15) is 0 Å². The van der Waals surface area contributed by atoms with E-state index in [2.05, 4.69) is 15.1 Å². The fourth-order valence-corrected chi connectivity index (χ4v) is 1.89. The number of ether oxygens (including phenoxy) is 2. The van der Waals surface area contributed by atoms with Crippen LogP contribution in [0.3, 0.4) is 0 Å². The Balaban J connectivity index is 2.15. The lowest BCUT2D eigenvalue weighted by Crippen LogP contribution is -1.90. The lowest BCUT2D eigenvalue weighted by Gasteiger charge is -2.08. The minimum absolute atomic E-state index is 0.690. The van der Waals surface area contributed by atoms with Gasteiger partial charge in [-0.05, 0) is 12.1 Å². The van der Waals surface area contributed by atoms with Crippen LogP contribution in [0.5, 0.6) is 11.5 Å². The van der Waals surface area contributed by atoms with Crippen molar-refractivity contribution in [3.8, 4) is 22.8 Å². The van der Waals surface area contributed by atoms with E-state index >= 15 is 0 Å². The number of methoxy groups -OCH3 is 2. The molecule has 0 aliphatic heterocycles. The van der Waals surface area contributed by atoms with Crippen molar-refractivity contribution in [2.24, 2.45) is 0 Å². The summed E-state index contributed by atoms with van der Waals surface area (Å²) < 4.78 is 12.2. The molecule has 6 nitrogen and oxygen atoms in total. The van der Waals surface area contributed by atoms with E-state index in [1.807, 2.05) is 24.4 Å². The second kappa shape index (κ2) is 4.56. The molecule has 0 spiro atoms. The topological polar surface area (TPSA) is 61.5 Å². The highest BCUT2D eigenvalue weighted by Crippen LogP contribution is 2.32. The van der Waals surface area contributed by atoms with Gasteiger partial charge in [-0.1, -0.05) is 0 Å². The molecule has 96 valence electrons. The molecule has 0 aliphatic rings. The summed E-state index contributed by atoms with van der Waals surface area (Å²) in [5.41, 5.74) is 2.35. The second-order valence-electron chi connectivity index (χ2n) is 3.90. The van der Waals surface area contributed by atoms with E-state index in [1.165, 1.54) is 6.33 Å². The zero-order chi connectivity index (χ0) is 13.2. The Kier molecular flexibility index (Phi) is 2.75. The van der Waals surface area contributed by atoms with Crippen molar-refractivity contribution < 1.29 is 9.47 Å². The molecule has 0 N–H and O–H groups in total. The molecule has 0 bridgehead atoms. The largest absolute Gasteiger partial charge is 0.497 e. The van der Waals surface area contributed by atoms with Gasteiger partial charge in [-0.3, -0.25) is 0 Å². The number of imidazole rings is 1. The number of benzene rings is 1.